The fourth-order valence-electron chi connectivity index (χ4n) is 3.16. The summed E-state index contributed by atoms with van der Waals surface area (Å²) in [7, 11) is 3.10. The second-order valence-corrected chi connectivity index (χ2v) is 6.17. The Labute approximate surface area is 138 Å². The maximum absolute atomic E-state index is 12.6. The van der Waals surface area contributed by atoms with Gasteiger partial charge in [-0.2, -0.15) is 0 Å². The molecule has 1 aliphatic heterocycles. The van der Waals surface area contributed by atoms with Crippen LogP contribution in [0.1, 0.15) is 12.2 Å². The number of aromatic nitrogens is 4. The first-order valence-electron chi connectivity index (χ1n) is 8.22. The minimum absolute atomic E-state index is 0.0373. The Morgan fingerprint density at radius 3 is 2.58 bits per heavy atom. The molecule has 0 amide bonds. The van der Waals surface area contributed by atoms with Gasteiger partial charge < -0.3 is 19.3 Å². The minimum Gasteiger partial charge on any atom is -0.396 e. The summed E-state index contributed by atoms with van der Waals surface area (Å²) in [6.45, 7) is 4.41. The van der Waals surface area contributed by atoms with Crippen molar-refractivity contribution in [1.29, 1.82) is 0 Å². The van der Waals surface area contributed by atoms with Crippen LogP contribution in [0.5, 0.6) is 0 Å². The Balaban J connectivity index is 2.13. The summed E-state index contributed by atoms with van der Waals surface area (Å²) < 4.78 is 9.75. The van der Waals surface area contributed by atoms with Crippen LogP contribution in [0.25, 0.3) is 11.2 Å². The van der Waals surface area contributed by atoms with Crippen LogP contribution in [0.4, 0.5) is 0 Å². The third-order valence-corrected chi connectivity index (χ3v) is 4.57. The molecule has 0 aliphatic carbocycles. The number of nitrogens with one attached hydrogen (secondary N) is 1. The van der Waals surface area contributed by atoms with Crippen molar-refractivity contribution in [3.8, 4) is 0 Å². The fraction of sp³-hybridized carbons (Fsp3) is 0.667. The van der Waals surface area contributed by atoms with Crippen molar-refractivity contribution in [2.45, 2.75) is 19.5 Å². The number of ether oxygens (including phenoxy) is 1. The number of aryl methyl sites for hydroxylation is 2. The smallest absolute Gasteiger partial charge is 0.332 e. The van der Waals surface area contributed by atoms with E-state index >= 15 is 0 Å². The molecule has 0 unspecified atom stereocenters. The Morgan fingerprint density at radius 2 is 1.92 bits per heavy atom. The molecule has 2 N–H and O–H groups in total. The van der Waals surface area contributed by atoms with Gasteiger partial charge in [0.2, 0.25) is 0 Å². The normalized spacial score (nSPS) is 16.1. The highest BCUT2D eigenvalue weighted by molar-refractivity contribution is 5.71. The number of aliphatic hydroxyl groups is 1. The van der Waals surface area contributed by atoms with Gasteiger partial charge in [0.1, 0.15) is 19.6 Å². The Bertz CT molecular complexity index is 844. The van der Waals surface area contributed by atoms with Crippen molar-refractivity contribution < 1.29 is 14.7 Å². The highest BCUT2D eigenvalue weighted by Gasteiger charge is 2.23. The average molecular weight is 338 g/mol. The molecule has 132 valence electrons. The van der Waals surface area contributed by atoms with Gasteiger partial charge in [-0.25, -0.2) is 9.78 Å². The molecule has 24 heavy (non-hydrogen) atoms. The SMILES string of the molecule is Cn1c(=O)c2c(nc(C[NH+]3CCOCC3)n2CCCO)n(C)c1=O. The molecule has 1 saturated heterocycles. The number of hydrogen-bond acceptors (Lipinski definition) is 5. The van der Waals surface area contributed by atoms with E-state index in [9.17, 15) is 14.7 Å². The Morgan fingerprint density at radius 1 is 1.21 bits per heavy atom. The van der Waals surface area contributed by atoms with Crippen LogP contribution < -0.4 is 16.1 Å². The van der Waals surface area contributed by atoms with Crippen molar-refractivity contribution in [1.82, 2.24) is 18.7 Å². The third kappa shape index (κ3) is 2.90. The first-order valence-corrected chi connectivity index (χ1v) is 8.22. The van der Waals surface area contributed by atoms with Gasteiger partial charge in [-0.1, -0.05) is 0 Å². The van der Waals surface area contributed by atoms with Crippen molar-refractivity contribution in [3.63, 3.8) is 0 Å². The van der Waals surface area contributed by atoms with E-state index in [2.05, 4.69) is 4.98 Å². The second kappa shape index (κ2) is 6.88. The molecule has 2 aromatic heterocycles. The molecule has 0 spiro atoms. The van der Waals surface area contributed by atoms with E-state index in [4.69, 9.17) is 4.74 Å². The highest BCUT2D eigenvalue weighted by atomic mass is 16.5. The summed E-state index contributed by atoms with van der Waals surface area (Å²) >= 11 is 0. The van der Waals surface area contributed by atoms with E-state index in [0.29, 0.717) is 43.9 Å². The van der Waals surface area contributed by atoms with Gasteiger partial charge in [0.25, 0.3) is 5.56 Å². The number of imidazole rings is 1. The summed E-state index contributed by atoms with van der Waals surface area (Å²) in [5, 5.41) is 9.18. The van der Waals surface area contributed by atoms with Gasteiger partial charge in [-0.15, -0.1) is 0 Å². The molecule has 0 radical (unpaired) electrons. The molecule has 9 nitrogen and oxygen atoms in total. The number of hydrogen-bond donors (Lipinski definition) is 2. The molecule has 0 atom stereocenters. The number of aliphatic hydroxyl groups excluding tert-OH is 1. The predicted molar refractivity (Wildman–Crippen MR) is 87.1 cm³/mol. The number of quaternary nitrogens is 1. The van der Waals surface area contributed by atoms with Crippen LogP contribution in [0.2, 0.25) is 0 Å². The van der Waals surface area contributed by atoms with Crippen molar-refractivity contribution in [2.24, 2.45) is 14.1 Å². The van der Waals surface area contributed by atoms with E-state index in [0.717, 1.165) is 23.5 Å². The molecule has 3 heterocycles. The van der Waals surface area contributed by atoms with Crippen LogP contribution in [-0.2, 0) is 31.9 Å². The van der Waals surface area contributed by atoms with Gasteiger partial charge in [-0.3, -0.25) is 13.9 Å². The summed E-state index contributed by atoms with van der Waals surface area (Å²) in [6.07, 6.45) is 0.531. The zero-order valence-electron chi connectivity index (χ0n) is 14.1. The topological polar surface area (TPSA) is 95.7 Å². The van der Waals surface area contributed by atoms with Crippen LogP contribution >= 0.6 is 0 Å². The molecule has 1 fully saturated rings. The molecule has 2 aromatic rings. The van der Waals surface area contributed by atoms with Crippen LogP contribution in [-0.4, -0.2) is 56.7 Å². The molecule has 0 aromatic carbocycles. The molecule has 9 heteroatoms. The Hall–Kier alpha value is -1.97. The first kappa shape index (κ1) is 16.9. The van der Waals surface area contributed by atoms with Crippen molar-refractivity contribution in [2.75, 3.05) is 32.9 Å². The third-order valence-electron chi connectivity index (χ3n) is 4.57. The van der Waals surface area contributed by atoms with E-state index in [1.54, 1.807) is 7.05 Å². The highest BCUT2D eigenvalue weighted by Crippen LogP contribution is 2.11. The first-order chi connectivity index (χ1) is 11.5. The van der Waals surface area contributed by atoms with Gasteiger partial charge in [0.05, 0.1) is 13.2 Å². The molecule has 1 aliphatic rings. The van der Waals surface area contributed by atoms with Crippen molar-refractivity contribution in [3.05, 3.63) is 26.7 Å². The van der Waals surface area contributed by atoms with E-state index in [-0.39, 0.29) is 17.9 Å². The van der Waals surface area contributed by atoms with Crippen LogP contribution in [0, 0.1) is 0 Å². The van der Waals surface area contributed by atoms with Crippen LogP contribution in [0.15, 0.2) is 9.59 Å². The fourth-order valence-corrected chi connectivity index (χ4v) is 3.16. The lowest BCUT2D eigenvalue weighted by atomic mass is 10.3. The lowest BCUT2D eigenvalue weighted by molar-refractivity contribution is -0.922. The quantitative estimate of drug-likeness (QED) is 0.615. The summed E-state index contributed by atoms with van der Waals surface area (Å²) in [5.41, 5.74) is 0.103. The number of nitrogens with zero attached hydrogens (tertiary/aromatic N) is 4. The largest absolute Gasteiger partial charge is 0.396 e. The van der Waals surface area contributed by atoms with Gasteiger partial charge in [0, 0.05) is 27.2 Å². The summed E-state index contributed by atoms with van der Waals surface area (Å²) in [5.74, 6) is 0.772. The number of morpholine rings is 1. The maximum Gasteiger partial charge on any atom is 0.332 e. The number of fused-ring (bicyclic) bond motifs is 1. The molecular formula is C15H24N5O4+. The zero-order valence-corrected chi connectivity index (χ0v) is 14.1. The molecule has 3 rings (SSSR count). The second-order valence-electron chi connectivity index (χ2n) is 6.17. The van der Waals surface area contributed by atoms with Crippen LogP contribution in [0.3, 0.4) is 0 Å². The molecule has 0 saturated carbocycles. The lowest BCUT2D eigenvalue weighted by Gasteiger charge is -2.23. The van der Waals surface area contributed by atoms with Gasteiger partial charge in [0.15, 0.2) is 17.0 Å². The average Bonchev–Trinajstić information content (AvgIpc) is 2.95. The number of rotatable bonds is 5. The minimum atomic E-state index is -0.385. The van der Waals surface area contributed by atoms with Gasteiger partial charge >= 0.3 is 5.69 Å². The predicted octanol–water partition coefficient (Wildman–Crippen LogP) is -2.77. The Kier molecular flexibility index (Phi) is 4.83. The van der Waals surface area contributed by atoms with E-state index < -0.39 is 0 Å². The zero-order chi connectivity index (χ0) is 17.3. The lowest BCUT2D eigenvalue weighted by Crippen LogP contribution is -3.12. The molecule has 0 bridgehead atoms. The summed E-state index contributed by atoms with van der Waals surface area (Å²) in [4.78, 5) is 30.7. The van der Waals surface area contributed by atoms with E-state index in [1.165, 1.54) is 16.5 Å². The van der Waals surface area contributed by atoms with Crippen molar-refractivity contribution >= 4 is 11.2 Å². The maximum atomic E-state index is 12.6. The summed E-state index contributed by atoms with van der Waals surface area (Å²) in [6, 6.07) is 0. The standard InChI is InChI=1S/C15H23N5O4/c1-17-13-12(14(22)18(2)15(17)23)20(4-3-7-21)11(16-13)10-19-5-8-24-9-6-19/h21H,3-10H2,1-2H3/p+1. The monoisotopic (exact) mass is 338 g/mol. The van der Waals surface area contributed by atoms with Gasteiger partial charge in [-0.05, 0) is 6.42 Å². The van der Waals surface area contributed by atoms with E-state index in [1.807, 2.05) is 4.57 Å². The molecular weight excluding hydrogens is 314 g/mol.